The topological polar surface area (TPSA) is 9.23 Å². The van der Waals surface area contributed by atoms with E-state index in [-0.39, 0.29) is 12.4 Å². The Kier molecular flexibility index (Phi) is 5.50. The van der Waals surface area contributed by atoms with Gasteiger partial charge < -0.3 is 4.74 Å². The number of alkyl halides is 1. The van der Waals surface area contributed by atoms with Crippen molar-refractivity contribution in [3.63, 3.8) is 0 Å². The molecule has 0 unspecified atom stereocenters. The largest absolute Gasteiger partial charge is 0.489 e. The highest BCUT2D eigenvalue weighted by molar-refractivity contribution is 6.30. The van der Waals surface area contributed by atoms with Crippen LogP contribution in [0.1, 0.15) is 16.7 Å². The zero-order chi connectivity index (χ0) is 15.2. The molecule has 2 aromatic carbocycles. The van der Waals surface area contributed by atoms with Gasteiger partial charge in [0.05, 0.1) is 5.88 Å². The second-order valence-corrected chi connectivity index (χ2v) is 5.14. The van der Waals surface area contributed by atoms with Gasteiger partial charge in [-0.05, 0) is 42.8 Å². The number of halogens is 3. The molecular weight excluding hydrogens is 310 g/mol. The normalized spacial score (nSPS) is 9.90. The summed E-state index contributed by atoms with van der Waals surface area (Å²) in [5, 5.41) is 0.370. The van der Waals surface area contributed by atoms with Gasteiger partial charge in [-0.3, -0.25) is 0 Å². The van der Waals surface area contributed by atoms with Crippen LogP contribution in [0.2, 0.25) is 5.02 Å². The van der Waals surface area contributed by atoms with E-state index < -0.39 is 0 Å². The molecule has 0 saturated heterocycles. The fraction of sp³-hybridized carbons (Fsp3) is 0.176. The zero-order valence-electron chi connectivity index (χ0n) is 11.4. The molecule has 0 aliphatic rings. The minimum Gasteiger partial charge on any atom is -0.489 e. The molecule has 0 spiro atoms. The van der Waals surface area contributed by atoms with Crippen LogP contribution in [0.5, 0.6) is 5.75 Å². The molecule has 0 aliphatic carbocycles. The second kappa shape index (κ2) is 7.36. The van der Waals surface area contributed by atoms with Crippen molar-refractivity contribution >= 4 is 23.2 Å². The summed E-state index contributed by atoms with van der Waals surface area (Å²) in [5.41, 5.74) is 2.27. The number of ether oxygens (including phenoxy) is 1. The molecule has 1 nitrogen and oxygen atoms in total. The Morgan fingerprint density at radius 1 is 1.19 bits per heavy atom. The molecule has 0 atom stereocenters. The molecule has 0 aliphatic heterocycles. The Morgan fingerprint density at radius 2 is 2.00 bits per heavy atom. The van der Waals surface area contributed by atoms with Gasteiger partial charge in [0.2, 0.25) is 0 Å². The zero-order valence-corrected chi connectivity index (χ0v) is 12.9. The lowest BCUT2D eigenvalue weighted by Gasteiger charge is -2.10. The predicted molar refractivity (Wildman–Crippen MR) is 84.5 cm³/mol. The second-order valence-electron chi connectivity index (χ2n) is 4.44. The van der Waals surface area contributed by atoms with E-state index in [4.69, 9.17) is 27.9 Å². The van der Waals surface area contributed by atoms with Crippen molar-refractivity contribution in [2.45, 2.75) is 13.5 Å². The highest BCUT2D eigenvalue weighted by Crippen LogP contribution is 2.21. The fourth-order valence-electron chi connectivity index (χ4n) is 1.82. The van der Waals surface area contributed by atoms with Crippen molar-refractivity contribution in [1.82, 2.24) is 0 Å². The Hall–Kier alpha value is -1.69. The molecule has 0 heterocycles. The van der Waals surface area contributed by atoms with E-state index in [1.807, 2.05) is 25.1 Å². The number of benzene rings is 2. The summed E-state index contributed by atoms with van der Waals surface area (Å²) in [7, 11) is 0. The van der Waals surface area contributed by atoms with Gasteiger partial charge in [0, 0.05) is 16.1 Å². The molecule has 0 bridgehead atoms. The fourth-order valence-corrected chi connectivity index (χ4v) is 2.04. The first kappa shape index (κ1) is 15.7. The van der Waals surface area contributed by atoms with Crippen LogP contribution in [-0.2, 0) is 6.61 Å². The summed E-state index contributed by atoms with van der Waals surface area (Å²) in [6.45, 7) is 2.07. The van der Waals surface area contributed by atoms with Gasteiger partial charge in [0.15, 0.2) is 0 Å². The maximum Gasteiger partial charge on any atom is 0.131 e. The molecule has 0 fully saturated rings. The third kappa shape index (κ3) is 4.39. The average molecular weight is 323 g/mol. The highest BCUT2D eigenvalue weighted by Gasteiger charge is 2.05. The molecule has 2 rings (SSSR count). The molecule has 108 valence electrons. The Bertz CT molecular complexity index is 702. The molecule has 2 aromatic rings. The Balaban J connectivity index is 2.09. The van der Waals surface area contributed by atoms with Crippen molar-refractivity contribution in [2.24, 2.45) is 0 Å². The van der Waals surface area contributed by atoms with Gasteiger partial charge in [0.25, 0.3) is 0 Å². The molecule has 0 aromatic heterocycles. The number of hydrogen-bond acceptors (Lipinski definition) is 1. The van der Waals surface area contributed by atoms with E-state index >= 15 is 0 Å². The van der Waals surface area contributed by atoms with E-state index in [2.05, 4.69) is 11.8 Å². The van der Waals surface area contributed by atoms with Crippen molar-refractivity contribution < 1.29 is 9.13 Å². The van der Waals surface area contributed by atoms with E-state index in [0.29, 0.717) is 22.2 Å². The van der Waals surface area contributed by atoms with Crippen LogP contribution in [0.3, 0.4) is 0 Å². The van der Waals surface area contributed by atoms with Crippen LogP contribution in [0.4, 0.5) is 4.39 Å². The summed E-state index contributed by atoms with van der Waals surface area (Å²) in [4.78, 5) is 0. The first-order valence-corrected chi connectivity index (χ1v) is 7.23. The van der Waals surface area contributed by atoms with Crippen LogP contribution < -0.4 is 4.74 Å². The molecule has 4 heteroatoms. The van der Waals surface area contributed by atoms with Crippen LogP contribution in [0.25, 0.3) is 0 Å². The lowest BCUT2D eigenvalue weighted by molar-refractivity contribution is 0.298. The van der Waals surface area contributed by atoms with Gasteiger partial charge in [-0.15, -0.1) is 11.6 Å². The molecule has 0 N–H and O–H groups in total. The summed E-state index contributed by atoms with van der Waals surface area (Å²) < 4.78 is 19.3. The van der Waals surface area contributed by atoms with E-state index in [9.17, 15) is 4.39 Å². The van der Waals surface area contributed by atoms with Crippen molar-refractivity contribution in [2.75, 3.05) is 5.88 Å². The number of hydrogen-bond donors (Lipinski definition) is 0. The lowest BCUT2D eigenvalue weighted by atomic mass is 10.1. The Labute approximate surface area is 133 Å². The Morgan fingerprint density at radius 3 is 2.67 bits per heavy atom. The number of aryl methyl sites for hydroxylation is 1. The third-order valence-electron chi connectivity index (χ3n) is 2.87. The van der Waals surface area contributed by atoms with E-state index in [0.717, 1.165) is 11.1 Å². The van der Waals surface area contributed by atoms with Crippen LogP contribution >= 0.6 is 23.2 Å². The van der Waals surface area contributed by atoms with Gasteiger partial charge in [0.1, 0.15) is 18.2 Å². The van der Waals surface area contributed by atoms with E-state index in [1.165, 1.54) is 6.07 Å². The van der Waals surface area contributed by atoms with Crippen molar-refractivity contribution in [3.8, 4) is 17.6 Å². The first-order valence-electron chi connectivity index (χ1n) is 6.32. The van der Waals surface area contributed by atoms with Crippen molar-refractivity contribution in [1.29, 1.82) is 0 Å². The van der Waals surface area contributed by atoms with Crippen LogP contribution in [0.15, 0.2) is 36.4 Å². The lowest BCUT2D eigenvalue weighted by Crippen LogP contribution is -1.99. The number of rotatable bonds is 3. The summed E-state index contributed by atoms with van der Waals surface area (Å²) in [6, 6.07) is 10.1. The first-order chi connectivity index (χ1) is 10.1. The minimum absolute atomic E-state index is 0.149. The predicted octanol–water partition coefficient (Wildman–Crippen LogP) is 4.96. The highest BCUT2D eigenvalue weighted by atomic mass is 35.5. The third-order valence-corrected chi connectivity index (χ3v) is 3.24. The van der Waals surface area contributed by atoms with Gasteiger partial charge >= 0.3 is 0 Å². The average Bonchev–Trinajstić information content (AvgIpc) is 2.45. The maximum atomic E-state index is 13.7. The van der Waals surface area contributed by atoms with Crippen molar-refractivity contribution in [3.05, 3.63) is 63.9 Å². The quantitative estimate of drug-likeness (QED) is 0.573. The maximum absolute atomic E-state index is 13.7. The summed E-state index contributed by atoms with van der Waals surface area (Å²) in [5.74, 6) is 6.36. The summed E-state index contributed by atoms with van der Waals surface area (Å²) in [6.07, 6.45) is 0. The summed E-state index contributed by atoms with van der Waals surface area (Å²) >= 11 is 11.2. The van der Waals surface area contributed by atoms with Crippen LogP contribution in [0, 0.1) is 24.6 Å². The van der Waals surface area contributed by atoms with Gasteiger partial charge in [-0.2, -0.15) is 0 Å². The standard InChI is InChI=1S/C17H13Cl2FO/c1-12-9-13(3-2-8-18)4-7-17(12)21-11-14-5-6-15(19)10-16(14)20/h4-7,9-10H,8,11H2,1H3. The van der Waals surface area contributed by atoms with Gasteiger partial charge in [-0.1, -0.05) is 29.5 Å². The molecule has 0 radical (unpaired) electrons. The molecule has 0 saturated carbocycles. The molecular formula is C17H13Cl2FO. The SMILES string of the molecule is Cc1cc(C#CCCl)ccc1OCc1ccc(Cl)cc1F. The molecule has 0 amide bonds. The minimum atomic E-state index is -0.371. The van der Waals surface area contributed by atoms with Gasteiger partial charge in [-0.25, -0.2) is 4.39 Å². The van der Waals surface area contributed by atoms with Crippen LogP contribution in [-0.4, -0.2) is 5.88 Å². The molecule has 21 heavy (non-hydrogen) atoms. The smallest absolute Gasteiger partial charge is 0.131 e. The monoisotopic (exact) mass is 322 g/mol. The van der Waals surface area contributed by atoms with E-state index in [1.54, 1.807) is 12.1 Å².